The third-order valence-electron chi connectivity index (χ3n) is 2.72. The van der Waals surface area contributed by atoms with E-state index in [1.165, 1.54) is 0 Å². The van der Waals surface area contributed by atoms with Crippen molar-refractivity contribution < 1.29 is 4.52 Å². The second-order valence-corrected chi connectivity index (χ2v) is 4.57. The van der Waals surface area contributed by atoms with Crippen LogP contribution in [0, 0.1) is 0 Å². The maximum Gasteiger partial charge on any atom is 0.246 e. The zero-order valence-corrected chi connectivity index (χ0v) is 11.6. The van der Waals surface area contributed by atoms with Crippen LogP contribution >= 0.6 is 0 Å². The Balaban J connectivity index is 1.87. The van der Waals surface area contributed by atoms with E-state index < -0.39 is 0 Å². The van der Waals surface area contributed by atoms with Crippen LogP contribution in [0.4, 0.5) is 0 Å². The third kappa shape index (κ3) is 4.17. The van der Waals surface area contributed by atoms with E-state index >= 15 is 0 Å². The first-order chi connectivity index (χ1) is 9.31. The summed E-state index contributed by atoms with van der Waals surface area (Å²) in [6.45, 7) is 6.64. The molecule has 0 amide bonds. The molecule has 1 N–H and O–H groups in total. The molecular weight excluding hydrogens is 242 g/mol. The first-order valence-corrected chi connectivity index (χ1v) is 6.84. The number of aryl methyl sites for hydroxylation is 1. The lowest BCUT2D eigenvalue weighted by atomic mass is 10.3. The van der Waals surface area contributed by atoms with Gasteiger partial charge in [0.2, 0.25) is 5.89 Å². The van der Waals surface area contributed by atoms with E-state index in [2.05, 4.69) is 34.3 Å². The molecule has 0 bridgehead atoms. The van der Waals surface area contributed by atoms with Gasteiger partial charge in [-0.15, -0.1) is 0 Å². The Morgan fingerprint density at radius 3 is 3.00 bits per heavy atom. The average Bonchev–Trinajstić information content (AvgIpc) is 3.01. The Labute approximate surface area is 113 Å². The van der Waals surface area contributed by atoms with E-state index in [1.807, 2.05) is 10.8 Å². The van der Waals surface area contributed by atoms with Crippen LogP contribution in [0.5, 0.6) is 0 Å². The van der Waals surface area contributed by atoms with Crippen LogP contribution in [-0.4, -0.2) is 26.2 Å². The second-order valence-electron chi connectivity index (χ2n) is 4.57. The predicted octanol–water partition coefficient (Wildman–Crippen LogP) is 1.77. The van der Waals surface area contributed by atoms with Crippen LogP contribution in [0.1, 0.15) is 44.1 Å². The van der Waals surface area contributed by atoms with E-state index in [0.29, 0.717) is 12.4 Å². The molecule has 2 rings (SSSR count). The molecule has 0 aliphatic carbocycles. The van der Waals surface area contributed by atoms with E-state index in [-0.39, 0.29) is 0 Å². The summed E-state index contributed by atoms with van der Waals surface area (Å²) in [5, 5.41) is 7.26. The van der Waals surface area contributed by atoms with E-state index in [9.17, 15) is 0 Å². The summed E-state index contributed by atoms with van der Waals surface area (Å²) in [5.41, 5.74) is 1.03. The molecule has 0 aliphatic rings. The fourth-order valence-corrected chi connectivity index (χ4v) is 1.81. The second kappa shape index (κ2) is 7.04. The Bertz CT molecular complexity index is 491. The van der Waals surface area contributed by atoms with Crippen molar-refractivity contribution in [1.29, 1.82) is 0 Å². The lowest BCUT2D eigenvalue weighted by molar-refractivity contribution is 0.366. The molecule has 104 valence electrons. The summed E-state index contributed by atoms with van der Waals surface area (Å²) in [7, 11) is 0. The first kappa shape index (κ1) is 13.7. The van der Waals surface area contributed by atoms with E-state index in [0.717, 1.165) is 43.9 Å². The molecule has 19 heavy (non-hydrogen) atoms. The summed E-state index contributed by atoms with van der Waals surface area (Å²) < 4.78 is 7.17. The van der Waals surface area contributed by atoms with Gasteiger partial charge < -0.3 is 14.4 Å². The molecular formula is C13H21N5O. The van der Waals surface area contributed by atoms with Gasteiger partial charge in [0.1, 0.15) is 6.54 Å². The van der Waals surface area contributed by atoms with E-state index in [1.54, 1.807) is 6.33 Å². The topological polar surface area (TPSA) is 68.8 Å². The first-order valence-electron chi connectivity index (χ1n) is 6.84. The lowest BCUT2D eigenvalue weighted by Crippen LogP contribution is -2.13. The normalized spacial score (nSPS) is 11.1. The molecule has 6 heteroatoms. The van der Waals surface area contributed by atoms with Gasteiger partial charge in [-0.1, -0.05) is 19.0 Å². The molecule has 0 fully saturated rings. The number of rotatable bonds is 8. The monoisotopic (exact) mass is 263 g/mol. The van der Waals surface area contributed by atoms with Crippen LogP contribution in [0.25, 0.3) is 0 Å². The van der Waals surface area contributed by atoms with Gasteiger partial charge in [-0.05, 0) is 19.4 Å². The van der Waals surface area contributed by atoms with Gasteiger partial charge in [0, 0.05) is 19.2 Å². The fourth-order valence-electron chi connectivity index (χ4n) is 1.81. The molecule has 0 saturated heterocycles. The number of hydrogen-bond donors (Lipinski definition) is 1. The van der Waals surface area contributed by atoms with Gasteiger partial charge in [-0.3, -0.25) is 0 Å². The van der Waals surface area contributed by atoms with Crippen molar-refractivity contribution in [3.8, 4) is 0 Å². The van der Waals surface area contributed by atoms with E-state index in [4.69, 9.17) is 4.52 Å². The van der Waals surface area contributed by atoms with Crippen LogP contribution in [0.3, 0.4) is 0 Å². The van der Waals surface area contributed by atoms with Crippen LogP contribution in [-0.2, 0) is 19.5 Å². The fraction of sp³-hybridized carbons (Fsp3) is 0.615. The molecule has 0 spiro atoms. The van der Waals surface area contributed by atoms with Crippen LogP contribution in [0.15, 0.2) is 17.0 Å². The van der Waals surface area contributed by atoms with Crippen molar-refractivity contribution in [2.24, 2.45) is 0 Å². The quantitative estimate of drug-likeness (QED) is 0.735. The standard InChI is InChI=1S/C13H21N5O/c1-3-5-12-16-13(19-17-12)9-18-8-11(15-10-18)7-14-6-4-2/h8,10,14H,3-7,9H2,1-2H3. The molecule has 0 radical (unpaired) electrons. The average molecular weight is 263 g/mol. The van der Waals surface area contributed by atoms with Crippen molar-refractivity contribution in [2.75, 3.05) is 6.54 Å². The summed E-state index contributed by atoms with van der Waals surface area (Å²) >= 11 is 0. The molecule has 6 nitrogen and oxygen atoms in total. The molecule has 0 atom stereocenters. The molecule has 2 heterocycles. The van der Waals surface area contributed by atoms with Crippen molar-refractivity contribution in [1.82, 2.24) is 25.0 Å². The smallest absolute Gasteiger partial charge is 0.246 e. The van der Waals surface area contributed by atoms with Crippen molar-refractivity contribution in [3.05, 3.63) is 29.9 Å². The van der Waals surface area contributed by atoms with Gasteiger partial charge in [0.25, 0.3) is 0 Å². The highest BCUT2D eigenvalue weighted by molar-refractivity contribution is 4.98. The number of nitrogens with zero attached hydrogens (tertiary/aromatic N) is 4. The summed E-state index contributed by atoms with van der Waals surface area (Å²) in [6, 6.07) is 0. The highest BCUT2D eigenvalue weighted by Crippen LogP contribution is 2.04. The van der Waals surface area contributed by atoms with Crippen molar-refractivity contribution in [2.45, 2.75) is 46.2 Å². The Kier molecular flexibility index (Phi) is 5.09. The molecule has 0 unspecified atom stereocenters. The minimum Gasteiger partial charge on any atom is -0.337 e. The maximum absolute atomic E-state index is 5.20. The number of nitrogens with one attached hydrogen (secondary N) is 1. The van der Waals surface area contributed by atoms with Crippen molar-refractivity contribution in [3.63, 3.8) is 0 Å². The van der Waals surface area contributed by atoms with Crippen LogP contribution in [0.2, 0.25) is 0 Å². The zero-order valence-electron chi connectivity index (χ0n) is 11.6. The minimum absolute atomic E-state index is 0.581. The predicted molar refractivity (Wildman–Crippen MR) is 71.6 cm³/mol. The van der Waals surface area contributed by atoms with Gasteiger partial charge in [0.05, 0.1) is 12.0 Å². The molecule has 0 saturated carbocycles. The van der Waals surface area contributed by atoms with Gasteiger partial charge >= 0.3 is 0 Å². The molecule has 0 aromatic carbocycles. The SMILES string of the molecule is CCCNCc1cn(Cc2nc(CCC)no2)cn1. The third-order valence-corrected chi connectivity index (χ3v) is 2.72. The largest absolute Gasteiger partial charge is 0.337 e. The van der Waals surface area contributed by atoms with Gasteiger partial charge in [-0.25, -0.2) is 4.98 Å². The highest BCUT2D eigenvalue weighted by atomic mass is 16.5. The Morgan fingerprint density at radius 2 is 2.21 bits per heavy atom. The number of imidazole rings is 1. The number of hydrogen-bond acceptors (Lipinski definition) is 5. The Hall–Kier alpha value is -1.69. The number of aromatic nitrogens is 4. The minimum atomic E-state index is 0.581. The zero-order chi connectivity index (χ0) is 13.5. The summed E-state index contributed by atoms with van der Waals surface area (Å²) in [4.78, 5) is 8.68. The van der Waals surface area contributed by atoms with Crippen LogP contribution < -0.4 is 5.32 Å². The maximum atomic E-state index is 5.20. The Morgan fingerprint density at radius 1 is 1.32 bits per heavy atom. The van der Waals surface area contributed by atoms with Gasteiger partial charge in [0.15, 0.2) is 5.82 Å². The summed E-state index contributed by atoms with van der Waals surface area (Å²) in [6.07, 6.45) is 6.82. The highest BCUT2D eigenvalue weighted by Gasteiger charge is 2.07. The van der Waals surface area contributed by atoms with Gasteiger partial charge in [-0.2, -0.15) is 4.98 Å². The summed E-state index contributed by atoms with van der Waals surface area (Å²) in [5.74, 6) is 1.41. The van der Waals surface area contributed by atoms with Crippen molar-refractivity contribution >= 4 is 0 Å². The lowest BCUT2D eigenvalue weighted by Gasteiger charge is -1.98. The molecule has 2 aromatic heterocycles. The molecule has 2 aromatic rings. The molecule has 0 aliphatic heterocycles.